The molecule has 0 aliphatic heterocycles. The summed E-state index contributed by atoms with van der Waals surface area (Å²) < 4.78 is 30.2. The highest BCUT2D eigenvalue weighted by Crippen LogP contribution is 2.22. The average Bonchev–Trinajstić information content (AvgIpc) is 2.52. The van der Waals surface area contributed by atoms with E-state index in [1.165, 1.54) is 26.2 Å². The van der Waals surface area contributed by atoms with Crippen molar-refractivity contribution in [3.05, 3.63) is 28.8 Å². The molecule has 7 nitrogen and oxygen atoms in total. The molecule has 1 aromatic rings. The molecule has 0 aliphatic carbocycles. The van der Waals surface area contributed by atoms with E-state index in [9.17, 15) is 18.0 Å². The zero-order valence-electron chi connectivity index (χ0n) is 14.9. The van der Waals surface area contributed by atoms with Gasteiger partial charge >= 0.3 is 5.97 Å². The number of carbonyl (C=O) groups excluding carboxylic acids is 2. The Balaban J connectivity index is 2.87. The molecule has 0 aromatic heterocycles. The molecule has 0 unspecified atom stereocenters. The Bertz CT molecular complexity index is 747. The minimum Gasteiger partial charge on any atom is -0.452 e. The maximum absolute atomic E-state index is 12.1. The van der Waals surface area contributed by atoms with Crippen molar-refractivity contribution in [3.63, 3.8) is 0 Å². The minimum atomic E-state index is -3.72. The molecule has 1 aromatic carbocycles. The van der Waals surface area contributed by atoms with Crippen LogP contribution >= 0.6 is 11.6 Å². The van der Waals surface area contributed by atoms with Gasteiger partial charge < -0.3 is 10.1 Å². The first-order valence-electron chi connectivity index (χ1n) is 7.65. The normalized spacial score (nSPS) is 13.0. The van der Waals surface area contributed by atoms with Crippen LogP contribution in [0.15, 0.2) is 23.1 Å². The van der Waals surface area contributed by atoms with Gasteiger partial charge in [0.2, 0.25) is 10.0 Å². The van der Waals surface area contributed by atoms with E-state index < -0.39 is 28.5 Å². The van der Waals surface area contributed by atoms with E-state index in [0.717, 1.165) is 10.4 Å². The van der Waals surface area contributed by atoms with Crippen LogP contribution in [-0.2, 0) is 19.6 Å². The summed E-state index contributed by atoms with van der Waals surface area (Å²) in [6.07, 6.45) is 0. The van der Waals surface area contributed by atoms with E-state index in [1.807, 2.05) is 20.8 Å². The maximum Gasteiger partial charge on any atom is 0.340 e. The molecule has 0 fully saturated rings. The largest absolute Gasteiger partial charge is 0.452 e. The number of hydrogen-bond acceptors (Lipinski definition) is 5. The van der Waals surface area contributed by atoms with Gasteiger partial charge in [0.1, 0.15) is 0 Å². The SMILES string of the molecule is CC(C)[C@H](C)NC(=O)COC(=O)c1cc(S(=O)(=O)N(C)C)ccc1Cl. The van der Waals surface area contributed by atoms with Crippen LogP contribution in [0.3, 0.4) is 0 Å². The molecule has 1 atom stereocenters. The van der Waals surface area contributed by atoms with Crippen LogP contribution in [0.25, 0.3) is 0 Å². The zero-order valence-corrected chi connectivity index (χ0v) is 16.4. The van der Waals surface area contributed by atoms with Gasteiger partial charge in [-0.25, -0.2) is 17.5 Å². The third-order valence-corrected chi connectivity index (χ3v) is 5.80. The van der Waals surface area contributed by atoms with Gasteiger partial charge in [-0.3, -0.25) is 4.79 Å². The standard InChI is InChI=1S/C16H23ClN2O5S/c1-10(2)11(3)18-15(20)9-24-16(21)13-8-12(6-7-14(13)17)25(22,23)19(4)5/h6-8,10-11H,9H2,1-5H3,(H,18,20)/t11-/m0/s1. The number of amides is 1. The lowest BCUT2D eigenvalue weighted by Gasteiger charge is -2.17. The van der Waals surface area contributed by atoms with Gasteiger partial charge in [0, 0.05) is 20.1 Å². The molecule has 0 saturated carbocycles. The van der Waals surface area contributed by atoms with Crippen LogP contribution in [0, 0.1) is 5.92 Å². The Kier molecular flexibility index (Phi) is 7.40. The highest BCUT2D eigenvalue weighted by atomic mass is 35.5. The molecule has 9 heteroatoms. The minimum absolute atomic E-state index is 0.0404. The fraction of sp³-hybridized carbons (Fsp3) is 0.500. The molecule has 1 N–H and O–H groups in total. The number of ether oxygens (including phenoxy) is 1. The number of esters is 1. The van der Waals surface area contributed by atoms with E-state index in [4.69, 9.17) is 16.3 Å². The second kappa shape index (κ2) is 8.64. The van der Waals surface area contributed by atoms with Crippen molar-refractivity contribution in [2.75, 3.05) is 20.7 Å². The molecule has 1 amide bonds. The third kappa shape index (κ3) is 5.69. The lowest BCUT2D eigenvalue weighted by Crippen LogP contribution is -2.38. The number of nitrogens with zero attached hydrogens (tertiary/aromatic N) is 1. The fourth-order valence-electron chi connectivity index (χ4n) is 1.70. The van der Waals surface area contributed by atoms with Gasteiger partial charge in [-0.1, -0.05) is 25.4 Å². The Hall–Kier alpha value is -1.64. The average molecular weight is 391 g/mol. The van der Waals surface area contributed by atoms with Crippen LogP contribution in [0.1, 0.15) is 31.1 Å². The van der Waals surface area contributed by atoms with E-state index >= 15 is 0 Å². The van der Waals surface area contributed by atoms with Crippen LogP contribution < -0.4 is 5.32 Å². The predicted molar refractivity (Wildman–Crippen MR) is 95.1 cm³/mol. The molecular weight excluding hydrogens is 368 g/mol. The van der Waals surface area contributed by atoms with Crippen LogP contribution in [0.2, 0.25) is 5.02 Å². The number of halogens is 1. The van der Waals surface area contributed by atoms with E-state index in [2.05, 4.69) is 5.32 Å². The summed E-state index contributed by atoms with van der Waals surface area (Å²) >= 11 is 5.95. The van der Waals surface area contributed by atoms with Crippen molar-refractivity contribution >= 4 is 33.5 Å². The number of rotatable bonds is 7. The van der Waals surface area contributed by atoms with Crippen molar-refractivity contribution in [2.45, 2.75) is 31.7 Å². The van der Waals surface area contributed by atoms with Gasteiger partial charge in [0.25, 0.3) is 5.91 Å². The zero-order chi connectivity index (χ0) is 19.4. The van der Waals surface area contributed by atoms with Gasteiger partial charge in [-0.2, -0.15) is 0 Å². The Morgan fingerprint density at radius 3 is 2.36 bits per heavy atom. The van der Waals surface area contributed by atoms with Crippen LogP contribution in [-0.4, -0.2) is 51.3 Å². The summed E-state index contributed by atoms with van der Waals surface area (Å²) in [6.45, 7) is 5.27. The quantitative estimate of drug-likeness (QED) is 0.718. The molecule has 1 rings (SSSR count). The summed E-state index contributed by atoms with van der Waals surface area (Å²) in [4.78, 5) is 23.8. The number of nitrogens with one attached hydrogen (secondary N) is 1. The molecule has 25 heavy (non-hydrogen) atoms. The topological polar surface area (TPSA) is 92.8 Å². The second-order valence-electron chi connectivity index (χ2n) is 6.11. The molecule has 0 bridgehead atoms. The summed E-state index contributed by atoms with van der Waals surface area (Å²) in [6, 6.07) is 3.67. The Morgan fingerprint density at radius 1 is 1.24 bits per heavy atom. The molecule has 140 valence electrons. The van der Waals surface area contributed by atoms with E-state index in [0.29, 0.717) is 0 Å². The third-order valence-electron chi connectivity index (χ3n) is 3.66. The number of hydrogen-bond donors (Lipinski definition) is 1. The molecule has 0 radical (unpaired) electrons. The number of benzene rings is 1. The van der Waals surface area contributed by atoms with Crippen molar-refractivity contribution < 1.29 is 22.7 Å². The first-order chi connectivity index (χ1) is 11.5. The number of carbonyl (C=O) groups is 2. The summed E-state index contributed by atoms with van der Waals surface area (Å²) in [5, 5.41) is 2.74. The van der Waals surface area contributed by atoms with Crippen LogP contribution in [0.4, 0.5) is 0 Å². The van der Waals surface area contributed by atoms with Gasteiger partial charge in [0.15, 0.2) is 6.61 Å². The Morgan fingerprint density at radius 2 is 1.84 bits per heavy atom. The molecule has 0 aliphatic rings. The fourth-order valence-corrected chi connectivity index (χ4v) is 2.83. The first kappa shape index (κ1) is 21.4. The van der Waals surface area contributed by atoms with Crippen molar-refractivity contribution in [1.29, 1.82) is 0 Å². The van der Waals surface area contributed by atoms with Gasteiger partial charge in [-0.15, -0.1) is 0 Å². The van der Waals surface area contributed by atoms with Crippen molar-refractivity contribution in [2.24, 2.45) is 5.92 Å². The molecular formula is C16H23ClN2O5S. The molecule has 0 spiro atoms. The Labute approximate surface area is 153 Å². The second-order valence-corrected chi connectivity index (χ2v) is 8.66. The highest BCUT2D eigenvalue weighted by Gasteiger charge is 2.22. The highest BCUT2D eigenvalue weighted by molar-refractivity contribution is 7.89. The summed E-state index contributed by atoms with van der Waals surface area (Å²) in [7, 11) is -0.964. The van der Waals surface area contributed by atoms with E-state index in [1.54, 1.807) is 0 Å². The molecule has 0 heterocycles. The van der Waals surface area contributed by atoms with Crippen LogP contribution in [0.5, 0.6) is 0 Å². The summed E-state index contributed by atoms with van der Waals surface area (Å²) in [5.74, 6) is -1.07. The summed E-state index contributed by atoms with van der Waals surface area (Å²) in [5.41, 5.74) is -0.116. The van der Waals surface area contributed by atoms with Crippen molar-refractivity contribution in [3.8, 4) is 0 Å². The first-order valence-corrected chi connectivity index (χ1v) is 9.47. The monoisotopic (exact) mass is 390 g/mol. The predicted octanol–water partition coefficient (Wildman–Crippen LogP) is 1.91. The number of sulfonamides is 1. The van der Waals surface area contributed by atoms with Gasteiger partial charge in [-0.05, 0) is 31.0 Å². The van der Waals surface area contributed by atoms with Crippen molar-refractivity contribution in [1.82, 2.24) is 9.62 Å². The molecule has 0 saturated heterocycles. The van der Waals surface area contributed by atoms with Gasteiger partial charge in [0.05, 0.1) is 15.5 Å². The lowest BCUT2D eigenvalue weighted by atomic mass is 10.1. The lowest BCUT2D eigenvalue weighted by molar-refractivity contribution is -0.125. The maximum atomic E-state index is 12.1. The van der Waals surface area contributed by atoms with E-state index in [-0.39, 0.29) is 27.4 Å². The smallest absolute Gasteiger partial charge is 0.340 e.